The van der Waals surface area contributed by atoms with E-state index in [1.807, 2.05) is 6.07 Å². The van der Waals surface area contributed by atoms with Crippen LogP contribution in [0.15, 0.2) is 77.5 Å². The highest BCUT2D eigenvalue weighted by Crippen LogP contribution is 2.37. The fourth-order valence-corrected chi connectivity index (χ4v) is 5.32. The van der Waals surface area contributed by atoms with Gasteiger partial charge in [-0.05, 0) is 42.5 Å². The van der Waals surface area contributed by atoms with Crippen LogP contribution in [0.3, 0.4) is 0 Å². The molecule has 0 amide bonds. The van der Waals surface area contributed by atoms with E-state index in [4.69, 9.17) is 4.74 Å². The normalized spacial score (nSPS) is 11.2. The Morgan fingerprint density at radius 3 is 2.62 bits per heavy atom. The number of rotatable bonds is 7. The van der Waals surface area contributed by atoms with Crippen LogP contribution in [0, 0.1) is 17.3 Å². The zero-order valence-electron chi connectivity index (χ0n) is 19.0. The molecule has 0 fully saturated rings. The van der Waals surface area contributed by atoms with Crippen molar-refractivity contribution in [2.24, 2.45) is 7.05 Å². The molecule has 0 spiro atoms. The van der Waals surface area contributed by atoms with E-state index in [2.05, 4.69) is 24.8 Å². The van der Waals surface area contributed by atoms with Crippen LogP contribution in [0.4, 0.5) is 9.52 Å². The van der Waals surface area contributed by atoms with Gasteiger partial charge in [-0.2, -0.15) is 14.8 Å². The number of nitriles is 1. The second-order valence-electron chi connectivity index (χ2n) is 7.56. The van der Waals surface area contributed by atoms with Crippen molar-refractivity contribution in [3.63, 3.8) is 0 Å². The van der Waals surface area contributed by atoms with E-state index in [9.17, 15) is 18.1 Å². The summed E-state index contributed by atoms with van der Waals surface area (Å²) in [6.07, 6.45) is 5.82. The van der Waals surface area contributed by atoms with Gasteiger partial charge in [0.05, 0.1) is 33.6 Å². The van der Waals surface area contributed by atoms with E-state index in [0.717, 1.165) is 11.3 Å². The van der Waals surface area contributed by atoms with Gasteiger partial charge in [0.2, 0.25) is 5.95 Å². The summed E-state index contributed by atoms with van der Waals surface area (Å²) in [5.41, 5.74) is 1.69. The van der Waals surface area contributed by atoms with E-state index < -0.39 is 16.0 Å². The monoisotopic (exact) mass is 533 g/mol. The van der Waals surface area contributed by atoms with Gasteiger partial charge in [0, 0.05) is 36.6 Å². The van der Waals surface area contributed by atoms with Crippen LogP contribution in [-0.2, 0) is 17.1 Å². The number of hydrogen-bond acceptors (Lipinski definition) is 9. The fourth-order valence-electron chi connectivity index (χ4n) is 3.51. The van der Waals surface area contributed by atoms with Crippen molar-refractivity contribution in [3.05, 3.63) is 84.1 Å². The summed E-state index contributed by atoms with van der Waals surface area (Å²) >= 11 is 1.13. The molecule has 1 aromatic carbocycles. The number of aromatic nitrogens is 5. The minimum atomic E-state index is -3.97. The first kappa shape index (κ1) is 24.0. The lowest BCUT2D eigenvalue weighted by molar-refractivity contribution is 0.479. The Labute approximate surface area is 214 Å². The number of ether oxygens (including phenoxy) is 1. The third kappa shape index (κ3) is 4.88. The van der Waals surface area contributed by atoms with Crippen LogP contribution < -0.4 is 9.46 Å². The smallest absolute Gasteiger partial charge is 0.263 e. The van der Waals surface area contributed by atoms with E-state index in [-0.39, 0.29) is 32.7 Å². The zero-order valence-corrected chi connectivity index (χ0v) is 20.7. The van der Waals surface area contributed by atoms with Crippen LogP contribution in [0.5, 0.6) is 11.5 Å². The molecule has 0 aliphatic heterocycles. The first-order valence-corrected chi connectivity index (χ1v) is 13.0. The predicted molar refractivity (Wildman–Crippen MR) is 134 cm³/mol. The Balaban J connectivity index is 1.54. The molecule has 13 heteroatoms. The molecule has 37 heavy (non-hydrogen) atoms. The Morgan fingerprint density at radius 2 is 1.92 bits per heavy atom. The third-order valence-corrected chi connectivity index (χ3v) is 7.41. The Morgan fingerprint density at radius 1 is 1.05 bits per heavy atom. The number of nitrogens with zero attached hydrogens (tertiary/aromatic N) is 6. The van der Waals surface area contributed by atoms with Crippen molar-refractivity contribution in [3.8, 4) is 40.1 Å². The van der Waals surface area contributed by atoms with Crippen molar-refractivity contribution in [1.82, 2.24) is 24.7 Å². The number of anilines is 1. The lowest BCUT2D eigenvalue weighted by Gasteiger charge is -2.14. The molecule has 0 radical (unpaired) electrons. The second-order valence-corrected chi connectivity index (χ2v) is 10.1. The quantitative estimate of drug-likeness (QED) is 0.300. The van der Waals surface area contributed by atoms with Crippen molar-refractivity contribution in [2.75, 3.05) is 4.72 Å². The molecule has 5 rings (SSSR count). The van der Waals surface area contributed by atoms with Crippen molar-refractivity contribution < 1.29 is 17.5 Å². The molecule has 0 unspecified atom stereocenters. The zero-order chi connectivity index (χ0) is 26.0. The van der Waals surface area contributed by atoms with Crippen LogP contribution in [0.25, 0.3) is 22.5 Å². The largest absolute Gasteiger partial charge is 0.454 e. The van der Waals surface area contributed by atoms with E-state index >= 15 is 0 Å². The first-order valence-electron chi connectivity index (χ1n) is 10.6. The number of halogens is 1. The lowest BCUT2D eigenvalue weighted by atomic mass is 10.1. The third-order valence-electron chi connectivity index (χ3n) is 5.26. The van der Waals surface area contributed by atoms with Gasteiger partial charge in [0.15, 0.2) is 10.9 Å². The Hall–Kier alpha value is -4.67. The minimum Gasteiger partial charge on any atom is -0.454 e. The highest BCUT2D eigenvalue weighted by molar-refractivity contribution is 7.93. The summed E-state index contributed by atoms with van der Waals surface area (Å²) in [5, 5.41) is 15.8. The molecule has 0 aliphatic rings. The summed E-state index contributed by atoms with van der Waals surface area (Å²) in [4.78, 5) is 11.8. The standard InChI is InChI=1S/C24H16FN7O3S2/c1-32-20(6-8-30-32)18-12-19(17-3-2-7-27-23(17)25)29-14-22(18)35-21-5-4-16(11-15(21)13-26)37(33,34)31-24-28-9-10-36-24/h2-12,14H,1H3,(H,28,31). The molecule has 1 N–H and O–H groups in total. The molecule has 0 aliphatic carbocycles. The van der Waals surface area contributed by atoms with Gasteiger partial charge in [-0.3, -0.25) is 14.4 Å². The van der Waals surface area contributed by atoms with Crippen LogP contribution >= 0.6 is 11.3 Å². The number of thiazole rings is 1. The fraction of sp³-hybridized carbons (Fsp3) is 0.0417. The summed E-state index contributed by atoms with van der Waals surface area (Å²) in [6, 6.07) is 12.4. The van der Waals surface area contributed by atoms with Crippen LogP contribution in [0.1, 0.15) is 5.56 Å². The van der Waals surface area contributed by atoms with Crippen molar-refractivity contribution in [1.29, 1.82) is 5.26 Å². The highest BCUT2D eigenvalue weighted by atomic mass is 32.2. The maximum Gasteiger partial charge on any atom is 0.263 e. The maximum atomic E-state index is 14.3. The number of sulfonamides is 1. The minimum absolute atomic E-state index is 0.0136. The average molecular weight is 534 g/mol. The molecule has 184 valence electrons. The molecule has 0 bridgehead atoms. The average Bonchev–Trinajstić information content (AvgIpc) is 3.56. The first-order chi connectivity index (χ1) is 17.9. The van der Waals surface area contributed by atoms with Gasteiger partial charge in [0.1, 0.15) is 11.8 Å². The Bertz CT molecular complexity index is 1750. The summed E-state index contributed by atoms with van der Waals surface area (Å²) in [5.74, 6) is -0.305. The van der Waals surface area contributed by atoms with Crippen LogP contribution in [0.2, 0.25) is 0 Å². The summed E-state index contributed by atoms with van der Waals surface area (Å²) in [7, 11) is -2.23. The van der Waals surface area contributed by atoms with Crippen molar-refractivity contribution in [2.45, 2.75) is 4.90 Å². The number of nitrogens with one attached hydrogen (secondary N) is 1. The predicted octanol–water partition coefficient (Wildman–Crippen LogP) is 4.60. The van der Waals surface area contributed by atoms with Gasteiger partial charge < -0.3 is 4.74 Å². The molecular weight excluding hydrogens is 517 g/mol. The molecular formula is C24H16FN7O3S2. The van der Waals surface area contributed by atoms with Crippen molar-refractivity contribution >= 4 is 26.5 Å². The highest BCUT2D eigenvalue weighted by Gasteiger charge is 2.20. The van der Waals surface area contributed by atoms with E-state index in [1.165, 1.54) is 36.8 Å². The van der Waals surface area contributed by atoms with E-state index in [0.29, 0.717) is 17.0 Å². The second kappa shape index (κ2) is 9.76. The number of pyridine rings is 2. The maximum absolute atomic E-state index is 14.3. The molecule has 4 heterocycles. The van der Waals surface area contributed by atoms with Gasteiger partial charge >= 0.3 is 0 Å². The molecule has 0 saturated carbocycles. The Kier molecular flexibility index (Phi) is 6.34. The molecule has 5 aromatic rings. The van der Waals surface area contributed by atoms with Crippen LogP contribution in [-0.4, -0.2) is 33.2 Å². The lowest BCUT2D eigenvalue weighted by Crippen LogP contribution is -2.13. The van der Waals surface area contributed by atoms with E-state index in [1.54, 1.807) is 47.6 Å². The summed E-state index contributed by atoms with van der Waals surface area (Å²) in [6.45, 7) is 0. The molecule has 10 nitrogen and oxygen atoms in total. The number of hydrogen-bond donors (Lipinski definition) is 1. The van der Waals surface area contributed by atoms with Gasteiger partial charge in [0.25, 0.3) is 10.0 Å². The topological polar surface area (TPSA) is 136 Å². The molecule has 0 atom stereocenters. The van der Waals surface area contributed by atoms with Gasteiger partial charge in [-0.1, -0.05) is 0 Å². The number of benzene rings is 1. The van der Waals surface area contributed by atoms with Gasteiger partial charge in [-0.15, -0.1) is 11.3 Å². The number of aryl methyl sites for hydroxylation is 1. The SMILES string of the molecule is Cn1nccc1-c1cc(-c2cccnc2F)ncc1Oc1ccc(S(=O)(=O)Nc2nccs2)cc1C#N. The summed E-state index contributed by atoms with van der Waals surface area (Å²) < 4.78 is 49.8. The van der Waals surface area contributed by atoms with Gasteiger partial charge in [-0.25, -0.2) is 18.4 Å². The molecule has 4 aromatic heterocycles. The molecule has 0 saturated heterocycles.